The molecule has 0 amide bonds. The van der Waals surface area contributed by atoms with E-state index in [1.165, 1.54) is 6.07 Å². The van der Waals surface area contributed by atoms with Crippen LogP contribution in [0.5, 0.6) is 11.5 Å². The van der Waals surface area contributed by atoms with Crippen LogP contribution in [0.4, 0.5) is 5.69 Å². The Bertz CT molecular complexity index is 1010. The molecule has 29 heavy (non-hydrogen) atoms. The number of benzene rings is 2. The highest BCUT2D eigenvalue weighted by Crippen LogP contribution is 2.46. The summed E-state index contributed by atoms with van der Waals surface area (Å²) >= 11 is 0. The van der Waals surface area contributed by atoms with Crippen LogP contribution in [-0.4, -0.2) is 31.6 Å². The Balaban J connectivity index is 2.30. The van der Waals surface area contributed by atoms with E-state index < -0.39 is 16.0 Å². The Labute approximate surface area is 171 Å². The second-order valence-electron chi connectivity index (χ2n) is 7.69. The Morgan fingerprint density at radius 2 is 1.59 bits per heavy atom. The van der Waals surface area contributed by atoms with E-state index in [4.69, 9.17) is 9.88 Å². The molecule has 4 atom stereocenters. The van der Waals surface area contributed by atoms with Crippen LogP contribution in [-0.2, 0) is 10.0 Å². The van der Waals surface area contributed by atoms with Crippen molar-refractivity contribution >= 4 is 21.7 Å². The molecule has 0 aliphatic carbocycles. The fraction of sp³-hybridized carbons (Fsp3) is 0.381. The number of aromatic carboxylic acids is 1. The second-order valence-corrected chi connectivity index (χ2v) is 9.22. The summed E-state index contributed by atoms with van der Waals surface area (Å²) in [6, 6.07) is 11.4. The quantitative estimate of drug-likeness (QED) is 0.766. The fourth-order valence-electron chi connectivity index (χ4n) is 4.02. The number of nitrogens with zero attached hydrogens (tertiary/aromatic N) is 1. The highest BCUT2D eigenvalue weighted by Gasteiger charge is 2.42. The SMILES string of the molecule is CC1C(C)C(C)N(c2cc(C(=O)O)cc(S(N)(=O)=O)c2Oc2ccccc2)C1C. The number of para-hydroxylation sites is 1. The molecule has 2 aromatic carbocycles. The number of primary sulfonamides is 1. The number of carboxylic acids is 1. The van der Waals surface area contributed by atoms with Crippen LogP contribution in [0.15, 0.2) is 47.4 Å². The summed E-state index contributed by atoms with van der Waals surface area (Å²) in [7, 11) is -4.24. The number of ether oxygens (including phenoxy) is 1. The van der Waals surface area contributed by atoms with E-state index in [1.807, 2.05) is 24.8 Å². The van der Waals surface area contributed by atoms with Crippen molar-refractivity contribution in [3.05, 3.63) is 48.0 Å². The first-order chi connectivity index (χ1) is 13.5. The van der Waals surface area contributed by atoms with Gasteiger partial charge in [-0.3, -0.25) is 0 Å². The Morgan fingerprint density at radius 3 is 2.07 bits per heavy atom. The highest BCUT2D eigenvalue weighted by molar-refractivity contribution is 7.89. The van der Waals surface area contributed by atoms with Crippen LogP contribution >= 0.6 is 0 Å². The Kier molecular flexibility index (Phi) is 5.60. The van der Waals surface area contributed by atoms with Crippen molar-refractivity contribution in [3.8, 4) is 11.5 Å². The lowest BCUT2D eigenvalue weighted by Crippen LogP contribution is -2.35. The van der Waals surface area contributed by atoms with Crippen LogP contribution in [0.1, 0.15) is 38.1 Å². The van der Waals surface area contributed by atoms with Crippen LogP contribution in [0.25, 0.3) is 0 Å². The zero-order chi connectivity index (χ0) is 21.5. The third-order valence-corrected chi connectivity index (χ3v) is 6.98. The zero-order valence-electron chi connectivity index (χ0n) is 16.9. The molecule has 3 rings (SSSR count). The van der Waals surface area contributed by atoms with E-state index in [0.717, 1.165) is 6.07 Å². The average Bonchev–Trinajstić information content (AvgIpc) is 2.85. The number of carbonyl (C=O) groups is 1. The van der Waals surface area contributed by atoms with Gasteiger partial charge in [-0.15, -0.1) is 0 Å². The van der Waals surface area contributed by atoms with E-state index in [2.05, 4.69) is 13.8 Å². The van der Waals surface area contributed by atoms with Crippen molar-refractivity contribution in [1.29, 1.82) is 0 Å². The summed E-state index contributed by atoms with van der Waals surface area (Å²) in [5.74, 6) is -0.115. The van der Waals surface area contributed by atoms with Gasteiger partial charge in [-0.05, 0) is 49.9 Å². The Hall–Kier alpha value is -2.58. The summed E-state index contributed by atoms with van der Waals surface area (Å²) in [6.07, 6.45) is 0. The monoisotopic (exact) mass is 418 g/mol. The van der Waals surface area contributed by atoms with Gasteiger partial charge in [0.15, 0.2) is 5.75 Å². The maximum Gasteiger partial charge on any atom is 0.335 e. The largest absolute Gasteiger partial charge is 0.478 e. The molecule has 1 saturated heterocycles. The molecule has 0 spiro atoms. The molecule has 0 bridgehead atoms. The first kappa shape index (κ1) is 21.1. The highest BCUT2D eigenvalue weighted by atomic mass is 32.2. The number of hydrogen-bond donors (Lipinski definition) is 2. The van der Waals surface area contributed by atoms with Gasteiger partial charge >= 0.3 is 5.97 Å². The van der Waals surface area contributed by atoms with Gasteiger partial charge in [0.2, 0.25) is 10.0 Å². The standard InChI is InChI=1S/C21H26N2O5S/c1-12-13(2)15(4)23(14(12)3)18-10-16(21(24)25)11-19(29(22,26)27)20(18)28-17-8-6-5-7-9-17/h5-15H,1-4H3,(H,24,25)(H2,22,26,27). The second kappa shape index (κ2) is 7.68. The number of nitrogens with two attached hydrogens (primary N) is 1. The molecule has 7 nitrogen and oxygen atoms in total. The van der Waals surface area contributed by atoms with E-state index in [-0.39, 0.29) is 28.3 Å². The number of anilines is 1. The molecule has 156 valence electrons. The lowest BCUT2D eigenvalue weighted by atomic mass is 9.92. The fourth-order valence-corrected chi connectivity index (χ4v) is 4.71. The normalized spacial score (nSPS) is 24.5. The van der Waals surface area contributed by atoms with Gasteiger partial charge in [-0.2, -0.15) is 0 Å². The third kappa shape index (κ3) is 3.95. The number of carboxylic acid groups (broad SMARTS) is 1. The summed E-state index contributed by atoms with van der Waals surface area (Å²) in [4.78, 5) is 13.4. The maximum atomic E-state index is 12.4. The molecule has 2 aromatic rings. The number of sulfonamides is 1. The van der Waals surface area contributed by atoms with E-state index in [0.29, 0.717) is 23.3 Å². The zero-order valence-corrected chi connectivity index (χ0v) is 17.7. The van der Waals surface area contributed by atoms with E-state index in [9.17, 15) is 18.3 Å². The molecule has 1 aliphatic rings. The Morgan fingerprint density at radius 1 is 1.03 bits per heavy atom. The number of rotatable bonds is 5. The van der Waals surface area contributed by atoms with Crippen molar-refractivity contribution in [2.24, 2.45) is 17.0 Å². The minimum Gasteiger partial charge on any atom is -0.478 e. The molecule has 0 aromatic heterocycles. The molecule has 8 heteroatoms. The molecule has 0 radical (unpaired) electrons. The third-order valence-electron chi connectivity index (χ3n) is 6.06. The van der Waals surface area contributed by atoms with Crippen molar-refractivity contribution in [2.75, 3.05) is 4.90 Å². The predicted molar refractivity (Wildman–Crippen MR) is 111 cm³/mol. The molecule has 1 heterocycles. The summed E-state index contributed by atoms with van der Waals surface area (Å²) in [5.41, 5.74) is 0.255. The summed E-state index contributed by atoms with van der Waals surface area (Å²) in [6.45, 7) is 8.35. The first-order valence-electron chi connectivity index (χ1n) is 9.47. The van der Waals surface area contributed by atoms with Gasteiger partial charge in [0.05, 0.1) is 11.3 Å². The summed E-state index contributed by atoms with van der Waals surface area (Å²) in [5, 5.41) is 15.0. The van der Waals surface area contributed by atoms with Crippen LogP contribution in [0.3, 0.4) is 0 Å². The minimum absolute atomic E-state index is 0.0451. The van der Waals surface area contributed by atoms with Gasteiger partial charge in [0.25, 0.3) is 0 Å². The van der Waals surface area contributed by atoms with Gasteiger partial charge in [-0.1, -0.05) is 32.0 Å². The molecule has 1 fully saturated rings. The molecule has 1 aliphatic heterocycles. The van der Waals surface area contributed by atoms with E-state index >= 15 is 0 Å². The van der Waals surface area contributed by atoms with Gasteiger partial charge in [0, 0.05) is 12.1 Å². The lowest BCUT2D eigenvalue weighted by Gasteiger charge is -2.32. The predicted octanol–water partition coefficient (Wildman–Crippen LogP) is 3.69. The van der Waals surface area contributed by atoms with Crippen LogP contribution < -0.4 is 14.8 Å². The molecule has 0 saturated carbocycles. The molecular formula is C21H26N2O5S. The van der Waals surface area contributed by atoms with Crippen molar-refractivity contribution in [1.82, 2.24) is 0 Å². The first-order valence-corrected chi connectivity index (χ1v) is 11.0. The van der Waals surface area contributed by atoms with Crippen molar-refractivity contribution in [2.45, 2.75) is 44.7 Å². The molecule has 4 unspecified atom stereocenters. The smallest absolute Gasteiger partial charge is 0.335 e. The van der Waals surface area contributed by atoms with Crippen LogP contribution in [0, 0.1) is 11.8 Å². The van der Waals surface area contributed by atoms with E-state index in [1.54, 1.807) is 24.3 Å². The summed E-state index contributed by atoms with van der Waals surface area (Å²) < 4.78 is 30.7. The van der Waals surface area contributed by atoms with Crippen LogP contribution in [0.2, 0.25) is 0 Å². The van der Waals surface area contributed by atoms with Gasteiger partial charge in [0.1, 0.15) is 10.6 Å². The molecular weight excluding hydrogens is 392 g/mol. The lowest BCUT2D eigenvalue weighted by molar-refractivity contribution is 0.0696. The van der Waals surface area contributed by atoms with Crippen molar-refractivity contribution in [3.63, 3.8) is 0 Å². The van der Waals surface area contributed by atoms with Gasteiger partial charge in [-0.25, -0.2) is 18.4 Å². The maximum absolute atomic E-state index is 12.4. The average molecular weight is 419 g/mol. The molecule has 3 N–H and O–H groups in total. The van der Waals surface area contributed by atoms with Gasteiger partial charge < -0.3 is 14.7 Å². The topological polar surface area (TPSA) is 110 Å². The minimum atomic E-state index is -4.24. The number of hydrogen-bond acceptors (Lipinski definition) is 5. The van der Waals surface area contributed by atoms with Crippen molar-refractivity contribution < 1.29 is 23.1 Å².